The van der Waals surface area contributed by atoms with E-state index in [4.69, 9.17) is 0 Å². The summed E-state index contributed by atoms with van der Waals surface area (Å²) in [4.78, 5) is 0. The molecule has 1 saturated carbocycles. The molecule has 1 fully saturated rings. The fourth-order valence-corrected chi connectivity index (χ4v) is 1.88. The predicted octanol–water partition coefficient (Wildman–Crippen LogP) is 2.81. The Bertz CT molecular complexity index is 136. The van der Waals surface area contributed by atoms with Crippen molar-refractivity contribution < 1.29 is 0 Å². The van der Waals surface area contributed by atoms with E-state index < -0.39 is 0 Å². The Morgan fingerprint density at radius 1 is 1.33 bits per heavy atom. The van der Waals surface area contributed by atoms with E-state index in [0.29, 0.717) is 5.41 Å². The Morgan fingerprint density at radius 2 is 1.92 bits per heavy atom. The van der Waals surface area contributed by atoms with Gasteiger partial charge in [-0.05, 0) is 37.1 Å². The molecule has 0 bridgehead atoms. The second kappa shape index (κ2) is 3.78. The standard InChI is InChI=1S/C11H23N/c1-5-12-10(8-9(2)3)11(4)6-7-11/h9-10,12H,5-8H2,1-4H3. The van der Waals surface area contributed by atoms with Crippen LogP contribution in [0, 0.1) is 11.3 Å². The quantitative estimate of drug-likeness (QED) is 0.667. The molecule has 0 radical (unpaired) electrons. The zero-order valence-corrected chi connectivity index (χ0v) is 8.98. The van der Waals surface area contributed by atoms with E-state index in [1.165, 1.54) is 19.3 Å². The number of nitrogens with one attached hydrogen (secondary N) is 1. The Balaban J connectivity index is 2.38. The van der Waals surface area contributed by atoms with Crippen LogP contribution in [0.3, 0.4) is 0 Å². The van der Waals surface area contributed by atoms with Crippen molar-refractivity contribution in [3.63, 3.8) is 0 Å². The third kappa shape index (κ3) is 2.48. The summed E-state index contributed by atoms with van der Waals surface area (Å²) in [5, 5.41) is 3.62. The van der Waals surface area contributed by atoms with Gasteiger partial charge in [0.2, 0.25) is 0 Å². The predicted molar refractivity (Wildman–Crippen MR) is 54.3 cm³/mol. The molecular weight excluding hydrogens is 146 g/mol. The Hall–Kier alpha value is -0.0400. The Morgan fingerprint density at radius 3 is 2.25 bits per heavy atom. The zero-order valence-electron chi connectivity index (χ0n) is 8.98. The normalized spacial score (nSPS) is 22.8. The fraction of sp³-hybridized carbons (Fsp3) is 1.00. The first-order chi connectivity index (χ1) is 5.58. The van der Waals surface area contributed by atoms with E-state index in [2.05, 4.69) is 33.0 Å². The summed E-state index contributed by atoms with van der Waals surface area (Å²) in [6.07, 6.45) is 4.19. The number of hydrogen-bond acceptors (Lipinski definition) is 1. The molecule has 12 heavy (non-hydrogen) atoms. The molecule has 0 saturated heterocycles. The van der Waals surface area contributed by atoms with Crippen LogP contribution >= 0.6 is 0 Å². The van der Waals surface area contributed by atoms with E-state index in [9.17, 15) is 0 Å². The van der Waals surface area contributed by atoms with Crippen LogP contribution in [0.15, 0.2) is 0 Å². The van der Waals surface area contributed by atoms with Crippen LogP contribution in [0.1, 0.15) is 47.0 Å². The first-order valence-electron chi connectivity index (χ1n) is 5.32. The van der Waals surface area contributed by atoms with Gasteiger partial charge in [-0.1, -0.05) is 27.7 Å². The molecule has 1 atom stereocenters. The van der Waals surface area contributed by atoms with Gasteiger partial charge in [-0.3, -0.25) is 0 Å². The number of rotatable bonds is 5. The number of hydrogen-bond donors (Lipinski definition) is 1. The highest BCUT2D eigenvalue weighted by atomic mass is 14.9. The van der Waals surface area contributed by atoms with Gasteiger partial charge < -0.3 is 5.32 Å². The van der Waals surface area contributed by atoms with Crippen molar-refractivity contribution in [1.29, 1.82) is 0 Å². The van der Waals surface area contributed by atoms with Crippen molar-refractivity contribution >= 4 is 0 Å². The van der Waals surface area contributed by atoms with Crippen molar-refractivity contribution in [3.05, 3.63) is 0 Å². The van der Waals surface area contributed by atoms with Crippen LogP contribution in [0.2, 0.25) is 0 Å². The minimum atomic E-state index is 0.639. The van der Waals surface area contributed by atoms with Gasteiger partial charge in [-0.2, -0.15) is 0 Å². The summed E-state index contributed by atoms with van der Waals surface area (Å²) in [5.41, 5.74) is 0.639. The van der Waals surface area contributed by atoms with E-state index in [1.54, 1.807) is 0 Å². The van der Waals surface area contributed by atoms with E-state index in [-0.39, 0.29) is 0 Å². The van der Waals surface area contributed by atoms with Crippen LogP contribution in [0.4, 0.5) is 0 Å². The van der Waals surface area contributed by atoms with Crippen LogP contribution in [-0.2, 0) is 0 Å². The van der Waals surface area contributed by atoms with Crippen molar-refractivity contribution in [2.75, 3.05) is 6.54 Å². The minimum Gasteiger partial charge on any atom is -0.314 e. The SMILES string of the molecule is CCNC(CC(C)C)C1(C)CC1. The third-order valence-corrected chi connectivity index (χ3v) is 3.04. The second-order valence-electron chi connectivity index (χ2n) is 4.89. The summed E-state index contributed by atoms with van der Waals surface area (Å²) in [7, 11) is 0. The molecule has 0 heterocycles. The highest BCUT2D eigenvalue weighted by molar-refractivity contribution is 4.98. The summed E-state index contributed by atoms with van der Waals surface area (Å²) < 4.78 is 0. The van der Waals surface area contributed by atoms with Gasteiger partial charge in [0.1, 0.15) is 0 Å². The highest BCUT2D eigenvalue weighted by Crippen LogP contribution is 2.49. The molecule has 0 aromatic rings. The molecule has 1 N–H and O–H groups in total. The van der Waals surface area contributed by atoms with Gasteiger partial charge in [0, 0.05) is 6.04 Å². The molecule has 0 aromatic heterocycles. The molecule has 1 unspecified atom stereocenters. The fourth-order valence-electron chi connectivity index (χ4n) is 1.88. The lowest BCUT2D eigenvalue weighted by molar-refractivity contribution is 0.310. The molecule has 1 nitrogen and oxygen atoms in total. The van der Waals surface area contributed by atoms with Crippen molar-refractivity contribution in [2.24, 2.45) is 11.3 Å². The molecular formula is C11H23N. The largest absolute Gasteiger partial charge is 0.314 e. The molecule has 72 valence electrons. The van der Waals surface area contributed by atoms with Gasteiger partial charge in [0.25, 0.3) is 0 Å². The van der Waals surface area contributed by atoms with E-state index >= 15 is 0 Å². The first kappa shape index (κ1) is 10.0. The maximum Gasteiger partial charge on any atom is 0.0123 e. The second-order valence-corrected chi connectivity index (χ2v) is 4.89. The molecule has 1 rings (SSSR count). The van der Waals surface area contributed by atoms with E-state index in [0.717, 1.165) is 18.5 Å². The lowest BCUT2D eigenvalue weighted by Gasteiger charge is -2.26. The summed E-state index contributed by atoms with van der Waals surface area (Å²) >= 11 is 0. The average Bonchev–Trinajstić information content (AvgIpc) is 2.68. The van der Waals surface area contributed by atoms with Crippen molar-refractivity contribution in [2.45, 2.75) is 53.0 Å². The summed E-state index contributed by atoms with van der Waals surface area (Å²) in [5.74, 6) is 0.825. The highest BCUT2D eigenvalue weighted by Gasteiger charge is 2.44. The van der Waals surface area contributed by atoms with Gasteiger partial charge in [0.15, 0.2) is 0 Å². The molecule has 0 aliphatic heterocycles. The van der Waals surface area contributed by atoms with Gasteiger partial charge >= 0.3 is 0 Å². The Labute approximate surface area is 76.9 Å². The monoisotopic (exact) mass is 169 g/mol. The third-order valence-electron chi connectivity index (χ3n) is 3.04. The maximum absolute atomic E-state index is 3.62. The summed E-state index contributed by atoms with van der Waals surface area (Å²) in [6.45, 7) is 10.4. The van der Waals surface area contributed by atoms with Crippen molar-refractivity contribution in [1.82, 2.24) is 5.32 Å². The average molecular weight is 169 g/mol. The lowest BCUT2D eigenvalue weighted by atomic mass is 9.91. The topological polar surface area (TPSA) is 12.0 Å². The van der Waals surface area contributed by atoms with Gasteiger partial charge in [-0.15, -0.1) is 0 Å². The summed E-state index contributed by atoms with van der Waals surface area (Å²) in [6, 6.07) is 0.766. The van der Waals surface area contributed by atoms with Crippen LogP contribution < -0.4 is 5.32 Å². The van der Waals surface area contributed by atoms with Crippen LogP contribution in [0.5, 0.6) is 0 Å². The molecule has 0 aromatic carbocycles. The molecule has 0 amide bonds. The molecule has 0 spiro atoms. The maximum atomic E-state index is 3.62. The molecule has 1 aliphatic rings. The minimum absolute atomic E-state index is 0.639. The van der Waals surface area contributed by atoms with Gasteiger partial charge in [-0.25, -0.2) is 0 Å². The van der Waals surface area contributed by atoms with Crippen LogP contribution in [-0.4, -0.2) is 12.6 Å². The zero-order chi connectivity index (χ0) is 9.19. The van der Waals surface area contributed by atoms with E-state index in [1.807, 2.05) is 0 Å². The smallest absolute Gasteiger partial charge is 0.0123 e. The first-order valence-corrected chi connectivity index (χ1v) is 5.32. The van der Waals surface area contributed by atoms with Crippen molar-refractivity contribution in [3.8, 4) is 0 Å². The molecule has 1 aliphatic carbocycles. The van der Waals surface area contributed by atoms with Gasteiger partial charge in [0.05, 0.1) is 0 Å². The lowest BCUT2D eigenvalue weighted by Crippen LogP contribution is -2.37. The Kier molecular flexibility index (Phi) is 3.16. The van der Waals surface area contributed by atoms with Crippen LogP contribution in [0.25, 0.3) is 0 Å². The molecule has 1 heteroatoms.